The molecule has 0 bridgehead atoms. The first kappa shape index (κ1) is 15.3. The second-order valence-electron chi connectivity index (χ2n) is 7.02. The number of para-hydroxylation sites is 1. The Morgan fingerprint density at radius 2 is 1.81 bits per heavy atom. The topological polar surface area (TPSA) is 36.4 Å². The summed E-state index contributed by atoms with van der Waals surface area (Å²) in [6.07, 6.45) is 1.38. The maximum absolute atomic E-state index is 10.1. The predicted molar refractivity (Wildman–Crippen MR) is 90.7 cm³/mol. The Labute approximate surface area is 134 Å². The van der Waals surface area contributed by atoms with E-state index in [0.717, 1.165) is 22.7 Å². The molecule has 21 heavy (non-hydrogen) atoms. The van der Waals surface area contributed by atoms with Gasteiger partial charge in [-0.25, -0.2) is 9.29 Å². The lowest BCUT2D eigenvalue weighted by molar-refractivity contribution is -0.0200. The van der Waals surface area contributed by atoms with Crippen LogP contribution in [0.25, 0.3) is 10.2 Å². The van der Waals surface area contributed by atoms with Gasteiger partial charge in [-0.15, -0.1) is 11.3 Å². The predicted octanol–water partition coefficient (Wildman–Crippen LogP) is 4.32. The molecule has 0 spiro atoms. The Balaban J connectivity index is 1.91. The van der Waals surface area contributed by atoms with Crippen molar-refractivity contribution in [3.63, 3.8) is 0 Å². The molecule has 3 rings (SSSR count). The van der Waals surface area contributed by atoms with Crippen LogP contribution < -0.4 is 0 Å². The normalized spacial score (nSPS) is 22.7. The molecule has 0 radical (unpaired) electrons. The van der Waals surface area contributed by atoms with Crippen molar-refractivity contribution in [2.24, 2.45) is 0 Å². The molecule has 1 saturated heterocycles. The summed E-state index contributed by atoms with van der Waals surface area (Å²) in [5, 5.41) is 10.1. The van der Waals surface area contributed by atoms with Crippen molar-refractivity contribution in [2.45, 2.75) is 62.1 Å². The lowest BCUT2D eigenvalue weighted by Gasteiger charge is -2.52. The SMILES string of the molecule is CC1(C)CC(O)CC(C)(C)N1Sc1nc2ccccc2s1. The fraction of sp³-hybridized carbons (Fsp3) is 0.562. The Bertz CT molecular complexity index is 600. The number of hydrogen-bond donors (Lipinski definition) is 1. The summed E-state index contributed by atoms with van der Waals surface area (Å²) >= 11 is 3.48. The van der Waals surface area contributed by atoms with Gasteiger partial charge in [-0.3, -0.25) is 0 Å². The molecule has 0 aliphatic carbocycles. The molecule has 1 aromatic heterocycles. The van der Waals surface area contributed by atoms with Crippen LogP contribution in [0.5, 0.6) is 0 Å². The van der Waals surface area contributed by atoms with Gasteiger partial charge in [0.2, 0.25) is 0 Å². The number of hydrogen-bond acceptors (Lipinski definition) is 5. The first-order valence-electron chi connectivity index (χ1n) is 7.30. The largest absolute Gasteiger partial charge is 0.393 e. The Morgan fingerprint density at radius 3 is 2.43 bits per heavy atom. The fourth-order valence-corrected chi connectivity index (χ4v) is 5.70. The number of thiazole rings is 1. The molecule has 0 saturated carbocycles. The van der Waals surface area contributed by atoms with Gasteiger partial charge in [0.05, 0.1) is 16.3 Å². The zero-order chi connectivity index (χ0) is 15.3. The smallest absolute Gasteiger partial charge is 0.166 e. The van der Waals surface area contributed by atoms with Crippen LogP contribution in [0.1, 0.15) is 40.5 Å². The third kappa shape index (κ3) is 2.97. The monoisotopic (exact) mass is 322 g/mol. The average molecular weight is 322 g/mol. The van der Waals surface area contributed by atoms with E-state index in [1.165, 1.54) is 4.70 Å². The van der Waals surface area contributed by atoms with Crippen molar-refractivity contribution in [3.05, 3.63) is 24.3 Å². The minimum absolute atomic E-state index is 0.0519. The standard InChI is InChI=1S/C16H22N2OS2/c1-15(2)9-11(19)10-16(3,4)18(15)21-14-17-12-7-5-6-8-13(12)20-14/h5-8,11,19H,9-10H2,1-4H3. The van der Waals surface area contributed by atoms with Gasteiger partial charge in [0.25, 0.3) is 0 Å². The van der Waals surface area contributed by atoms with Gasteiger partial charge in [0.1, 0.15) is 0 Å². The quantitative estimate of drug-likeness (QED) is 0.836. The summed E-state index contributed by atoms with van der Waals surface area (Å²) in [6.45, 7) is 8.82. The minimum atomic E-state index is -0.220. The van der Waals surface area contributed by atoms with Gasteiger partial charge in [0.15, 0.2) is 4.34 Å². The lowest BCUT2D eigenvalue weighted by Crippen LogP contribution is -2.58. The van der Waals surface area contributed by atoms with E-state index in [2.05, 4.69) is 50.2 Å². The fourth-order valence-electron chi connectivity index (χ4n) is 3.43. The van der Waals surface area contributed by atoms with E-state index < -0.39 is 0 Å². The molecule has 114 valence electrons. The number of nitrogens with zero attached hydrogens (tertiary/aromatic N) is 2. The molecule has 1 aliphatic heterocycles. The first-order valence-corrected chi connectivity index (χ1v) is 8.89. The lowest BCUT2D eigenvalue weighted by atomic mass is 9.81. The summed E-state index contributed by atoms with van der Waals surface area (Å²) in [5.74, 6) is 0. The summed E-state index contributed by atoms with van der Waals surface area (Å²) in [4.78, 5) is 4.73. The first-order chi connectivity index (χ1) is 9.78. The maximum Gasteiger partial charge on any atom is 0.166 e. The molecular formula is C16H22N2OS2. The number of fused-ring (bicyclic) bond motifs is 1. The van der Waals surface area contributed by atoms with Crippen LogP contribution in [0.15, 0.2) is 28.6 Å². The van der Waals surface area contributed by atoms with Crippen molar-refractivity contribution >= 4 is 33.5 Å². The van der Waals surface area contributed by atoms with Crippen LogP contribution >= 0.6 is 23.3 Å². The van der Waals surface area contributed by atoms with Gasteiger partial charge < -0.3 is 5.11 Å². The van der Waals surface area contributed by atoms with E-state index in [1.807, 2.05) is 6.07 Å². The summed E-state index contributed by atoms with van der Waals surface area (Å²) in [7, 11) is 0. The van der Waals surface area contributed by atoms with Crippen molar-refractivity contribution < 1.29 is 5.11 Å². The Hall–Kier alpha value is -0.620. The molecule has 1 N–H and O–H groups in total. The van der Waals surface area contributed by atoms with E-state index in [4.69, 9.17) is 4.98 Å². The molecule has 5 heteroatoms. The van der Waals surface area contributed by atoms with Crippen LogP contribution in [0.4, 0.5) is 0 Å². The zero-order valence-corrected chi connectivity index (χ0v) is 14.6. The third-order valence-electron chi connectivity index (χ3n) is 4.01. The number of rotatable bonds is 2. The number of aromatic nitrogens is 1. The maximum atomic E-state index is 10.1. The summed E-state index contributed by atoms with van der Waals surface area (Å²) < 4.78 is 4.73. The van der Waals surface area contributed by atoms with Gasteiger partial charge in [-0.05, 0) is 64.6 Å². The highest BCUT2D eigenvalue weighted by Gasteiger charge is 2.46. The van der Waals surface area contributed by atoms with E-state index in [9.17, 15) is 5.11 Å². The average Bonchev–Trinajstić information content (AvgIpc) is 2.75. The minimum Gasteiger partial charge on any atom is -0.393 e. The highest BCUT2D eigenvalue weighted by atomic mass is 32.2. The second kappa shape index (κ2) is 5.23. The van der Waals surface area contributed by atoms with E-state index >= 15 is 0 Å². The van der Waals surface area contributed by atoms with Gasteiger partial charge in [0, 0.05) is 11.1 Å². The summed E-state index contributed by atoms with van der Waals surface area (Å²) in [5.41, 5.74) is 0.963. The van der Waals surface area contributed by atoms with E-state index in [0.29, 0.717) is 0 Å². The van der Waals surface area contributed by atoms with Crippen LogP contribution in [0, 0.1) is 0 Å². The molecule has 2 heterocycles. The molecule has 1 aliphatic rings. The molecule has 0 unspecified atom stereocenters. The Morgan fingerprint density at radius 1 is 1.19 bits per heavy atom. The van der Waals surface area contributed by atoms with Crippen molar-refractivity contribution in [3.8, 4) is 0 Å². The summed E-state index contributed by atoms with van der Waals surface area (Å²) in [6, 6.07) is 8.27. The van der Waals surface area contributed by atoms with Crippen LogP contribution in [0.3, 0.4) is 0 Å². The van der Waals surface area contributed by atoms with Gasteiger partial charge >= 0.3 is 0 Å². The highest BCUT2D eigenvalue weighted by Crippen LogP contribution is 2.46. The molecule has 0 atom stereocenters. The van der Waals surface area contributed by atoms with Crippen molar-refractivity contribution in [1.82, 2.24) is 9.29 Å². The van der Waals surface area contributed by atoms with Gasteiger partial charge in [-0.2, -0.15) is 0 Å². The number of aliphatic hydroxyl groups excluding tert-OH is 1. The van der Waals surface area contributed by atoms with Crippen molar-refractivity contribution in [2.75, 3.05) is 0 Å². The molecule has 0 amide bonds. The van der Waals surface area contributed by atoms with Crippen LogP contribution in [-0.4, -0.2) is 31.6 Å². The third-order valence-corrected chi connectivity index (χ3v) is 6.74. The van der Waals surface area contributed by atoms with E-state index in [-0.39, 0.29) is 17.2 Å². The number of aliphatic hydroxyl groups is 1. The van der Waals surface area contributed by atoms with Gasteiger partial charge in [-0.1, -0.05) is 12.1 Å². The Kier molecular flexibility index (Phi) is 3.81. The molecule has 1 fully saturated rings. The number of benzene rings is 1. The van der Waals surface area contributed by atoms with Crippen molar-refractivity contribution in [1.29, 1.82) is 0 Å². The zero-order valence-electron chi connectivity index (χ0n) is 13.0. The van der Waals surface area contributed by atoms with E-state index in [1.54, 1.807) is 23.3 Å². The van der Waals surface area contributed by atoms with Crippen LogP contribution in [-0.2, 0) is 0 Å². The molecule has 1 aromatic carbocycles. The second-order valence-corrected chi connectivity index (χ2v) is 9.24. The number of piperidine rings is 1. The molecular weight excluding hydrogens is 300 g/mol. The molecule has 3 nitrogen and oxygen atoms in total. The van der Waals surface area contributed by atoms with Crippen LogP contribution in [0.2, 0.25) is 0 Å². The highest BCUT2D eigenvalue weighted by molar-refractivity contribution is 7.99. The molecule has 2 aromatic rings.